The average molecular weight is 271 g/mol. The number of likely N-dealkylation sites (N-methyl/N-ethyl adjacent to an activating group) is 1. The molecule has 0 aromatic rings. The number of allylic oxidation sites excluding steroid dienone is 2. The molecule has 0 saturated heterocycles. The van der Waals surface area contributed by atoms with E-state index in [1.165, 1.54) is 11.2 Å². The number of fused-ring (bicyclic) bond motifs is 3. The maximum absolute atomic E-state index is 11.8. The van der Waals surface area contributed by atoms with Crippen LogP contribution in [0.4, 0.5) is 0 Å². The van der Waals surface area contributed by atoms with Gasteiger partial charge in [-0.2, -0.15) is 5.10 Å². The second kappa shape index (κ2) is 4.56. The van der Waals surface area contributed by atoms with Gasteiger partial charge >= 0.3 is 5.97 Å². The molecule has 1 unspecified atom stereocenters. The minimum atomic E-state index is -0.374. The lowest BCUT2D eigenvalue weighted by Crippen LogP contribution is -2.28. The van der Waals surface area contributed by atoms with Crippen molar-refractivity contribution in [2.24, 2.45) is 16.0 Å². The SMILES string of the molecule is CCOC(=O)C1=CC2=NC=C3C(=O)N(C)N=C3C2C=C1. The molecule has 1 aliphatic carbocycles. The Kier molecular flexibility index (Phi) is 2.85. The number of ether oxygens (including phenoxy) is 1. The fourth-order valence-electron chi connectivity index (χ4n) is 2.32. The number of amides is 1. The molecule has 20 heavy (non-hydrogen) atoms. The van der Waals surface area contributed by atoms with E-state index in [4.69, 9.17) is 4.74 Å². The number of esters is 1. The summed E-state index contributed by atoms with van der Waals surface area (Å²) in [5, 5.41) is 5.54. The van der Waals surface area contributed by atoms with Crippen molar-refractivity contribution in [1.29, 1.82) is 0 Å². The van der Waals surface area contributed by atoms with Crippen molar-refractivity contribution < 1.29 is 14.3 Å². The van der Waals surface area contributed by atoms with Gasteiger partial charge in [-0.25, -0.2) is 9.80 Å². The Morgan fingerprint density at radius 1 is 1.50 bits per heavy atom. The summed E-state index contributed by atoms with van der Waals surface area (Å²) < 4.78 is 4.96. The average Bonchev–Trinajstić information content (AvgIpc) is 2.74. The van der Waals surface area contributed by atoms with Crippen LogP contribution in [0.15, 0.2) is 45.7 Å². The number of hydrogen-bond donors (Lipinski definition) is 0. The van der Waals surface area contributed by atoms with Crippen molar-refractivity contribution >= 4 is 23.3 Å². The molecule has 3 rings (SSSR count). The van der Waals surface area contributed by atoms with Crippen molar-refractivity contribution in [3.05, 3.63) is 35.6 Å². The van der Waals surface area contributed by atoms with Gasteiger partial charge < -0.3 is 4.74 Å². The first-order valence-corrected chi connectivity index (χ1v) is 6.33. The zero-order chi connectivity index (χ0) is 14.3. The summed E-state index contributed by atoms with van der Waals surface area (Å²) in [6.07, 6.45) is 6.70. The van der Waals surface area contributed by atoms with Gasteiger partial charge in [-0.1, -0.05) is 12.2 Å². The van der Waals surface area contributed by atoms with Gasteiger partial charge in [0.25, 0.3) is 5.91 Å². The molecule has 6 nitrogen and oxygen atoms in total. The maximum Gasteiger partial charge on any atom is 0.338 e. The number of nitrogens with zero attached hydrogens (tertiary/aromatic N) is 3. The number of aliphatic imine (C=N–C) groups is 1. The predicted molar refractivity (Wildman–Crippen MR) is 73.1 cm³/mol. The quantitative estimate of drug-likeness (QED) is 0.698. The summed E-state index contributed by atoms with van der Waals surface area (Å²) >= 11 is 0. The molecule has 1 atom stereocenters. The minimum Gasteiger partial charge on any atom is -0.462 e. The largest absolute Gasteiger partial charge is 0.462 e. The van der Waals surface area contributed by atoms with Crippen LogP contribution in [0.1, 0.15) is 6.92 Å². The third-order valence-electron chi connectivity index (χ3n) is 3.30. The summed E-state index contributed by atoms with van der Waals surface area (Å²) in [5.74, 6) is -0.709. The fourth-order valence-corrected chi connectivity index (χ4v) is 2.32. The Morgan fingerprint density at radius 3 is 3.05 bits per heavy atom. The lowest BCUT2D eigenvalue weighted by atomic mass is 9.86. The summed E-state index contributed by atoms with van der Waals surface area (Å²) in [6.45, 7) is 2.09. The van der Waals surface area contributed by atoms with E-state index >= 15 is 0 Å². The number of carbonyl (C=O) groups is 2. The third-order valence-corrected chi connectivity index (χ3v) is 3.30. The van der Waals surface area contributed by atoms with Crippen LogP contribution in [0.2, 0.25) is 0 Å². The lowest BCUT2D eigenvalue weighted by molar-refractivity contribution is -0.138. The monoisotopic (exact) mass is 271 g/mol. The van der Waals surface area contributed by atoms with Crippen molar-refractivity contribution in [2.45, 2.75) is 6.92 Å². The first-order chi connectivity index (χ1) is 9.61. The number of hydrazone groups is 1. The third kappa shape index (κ3) is 1.80. The molecule has 102 valence electrons. The molecule has 6 heteroatoms. The molecule has 2 heterocycles. The van der Waals surface area contributed by atoms with E-state index in [9.17, 15) is 9.59 Å². The normalized spacial score (nSPS) is 23.4. The van der Waals surface area contributed by atoms with Crippen LogP contribution in [0.25, 0.3) is 0 Å². The van der Waals surface area contributed by atoms with E-state index in [0.29, 0.717) is 29.2 Å². The summed E-state index contributed by atoms with van der Waals surface area (Å²) in [4.78, 5) is 27.8. The molecule has 2 aliphatic heterocycles. The summed E-state index contributed by atoms with van der Waals surface area (Å²) in [6, 6.07) is 0. The Bertz CT molecular complexity index is 653. The molecule has 0 aromatic heterocycles. The molecule has 0 N–H and O–H groups in total. The Labute approximate surface area is 115 Å². The van der Waals surface area contributed by atoms with Gasteiger partial charge in [-0.05, 0) is 13.0 Å². The lowest BCUT2D eigenvalue weighted by Gasteiger charge is -2.20. The van der Waals surface area contributed by atoms with Crippen LogP contribution in [-0.2, 0) is 14.3 Å². The molecule has 0 aromatic carbocycles. The van der Waals surface area contributed by atoms with Crippen LogP contribution >= 0.6 is 0 Å². The van der Waals surface area contributed by atoms with Gasteiger partial charge in [0.15, 0.2) is 0 Å². The highest BCUT2D eigenvalue weighted by molar-refractivity contribution is 6.34. The first kappa shape index (κ1) is 12.5. The molecular weight excluding hydrogens is 258 g/mol. The van der Waals surface area contributed by atoms with Gasteiger partial charge in [-0.3, -0.25) is 9.79 Å². The Hall–Kier alpha value is -2.50. The standard InChI is InChI=1S/C14H13N3O3/c1-3-20-14(19)8-4-5-9-11(6-8)15-7-10-12(9)16-17(2)13(10)18/h4-7,9H,3H2,1-2H3. The minimum absolute atomic E-state index is 0.156. The molecule has 0 radical (unpaired) electrons. The van der Waals surface area contributed by atoms with Crippen molar-refractivity contribution in [1.82, 2.24) is 5.01 Å². The summed E-state index contributed by atoms with van der Waals surface area (Å²) in [5.41, 5.74) is 2.34. The zero-order valence-corrected chi connectivity index (χ0v) is 11.2. The molecule has 0 fully saturated rings. The van der Waals surface area contributed by atoms with Crippen molar-refractivity contribution in [2.75, 3.05) is 13.7 Å². The number of hydrogen-bond acceptors (Lipinski definition) is 5. The predicted octanol–water partition coefficient (Wildman–Crippen LogP) is 0.828. The van der Waals surface area contributed by atoms with Crippen molar-refractivity contribution in [3.63, 3.8) is 0 Å². The van der Waals surface area contributed by atoms with Crippen LogP contribution in [0.5, 0.6) is 0 Å². The highest BCUT2D eigenvalue weighted by Gasteiger charge is 2.37. The molecular formula is C14H13N3O3. The number of rotatable bonds is 2. The van der Waals surface area contributed by atoms with Crippen molar-refractivity contribution in [3.8, 4) is 0 Å². The highest BCUT2D eigenvalue weighted by Crippen LogP contribution is 2.28. The van der Waals surface area contributed by atoms with Gasteiger partial charge in [0.2, 0.25) is 0 Å². The Morgan fingerprint density at radius 2 is 2.30 bits per heavy atom. The molecule has 0 saturated carbocycles. The van der Waals surface area contributed by atoms with Gasteiger partial charge in [-0.15, -0.1) is 0 Å². The van der Waals surface area contributed by atoms with E-state index < -0.39 is 0 Å². The second-order valence-corrected chi connectivity index (χ2v) is 4.57. The molecule has 3 aliphatic rings. The first-order valence-electron chi connectivity index (χ1n) is 6.33. The van der Waals surface area contributed by atoms with E-state index in [2.05, 4.69) is 10.1 Å². The van der Waals surface area contributed by atoms with E-state index in [-0.39, 0.29) is 17.8 Å². The van der Waals surface area contributed by atoms with Crippen LogP contribution < -0.4 is 0 Å². The smallest absolute Gasteiger partial charge is 0.338 e. The van der Waals surface area contributed by atoms with Crippen LogP contribution in [0.3, 0.4) is 0 Å². The van der Waals surface area contributed by atoms with Gasteiger partial charge in [0.05, 0.1) is 35.1 Å². The van der Waals surface area contributed by atoms with E-state index in [1.807, 2.05) is 6.08 Å². The highest BCUT2D eigenvalue weighted by atomic mass is 16.5. The summed E-state index contributed by atoms with van der Waals surface area (Å²) in [7, 11) is 1.61. The van der Waals surface area contributed by atoms with Gasteiger partial charge in [0, 0.05) is 13.2 Å². The van der Waals surface area contributed by atoms with Gasteiger partial charge in [0.1, 0.15) is 0 Å². The fraction of sp³-hybridized carbons (Fsp3) is 0.286. The zero-order valence-electron chi connectivity index (χ0n) is 11.2. The van der Waals surface area contributed by atoms with E-state index in [1.54, 1.807) is 26.1 Å². The molecule has 0 bridgehead atoms. The molecule has 1 amide bonds. The maximum atomic E-state index is 11.8. The van der Waals surface area contributed by atoms with Crippen LogP contribution in [-0.4, -0.2) is 42.0 Å². The van der Waals surface area contributed by atoms with E-state index in [0.717, 1.165) is 0 Å². The second-order valence-electron chi connectivity index (χ2n) is 4.57. The van der Waals surface area contributed by atoms with Crippen LogP contribution in [0, 0.1) is 5.92 Å². The topological polar surface area (TPSA) is 71.3 Å². The molecule has 0 spiro atoms. The number of carbonyl (C=O) groups excluding carboxylic acids is 2. The Balaban J connectivity index is 1.95.